The summed E-state index contributed by atoms with van der Waals surface area (Å²) in [4.78, 5) is 24.2. The molecule has 1 unspecified atom stereocenters. The zero-order valence-corrected chi connectivity index (χ0v) is 7.75. The van der Waals surface area contributed by atoms with Gasteiger partial charge in [0, 0.05) is 26.1 Å². The Hall–Kier alpha value is -1.10. The number of piperazine rings is 1. The third-order valence-electron chi connectivity index (χ3n) is 2.18. The van der Waals surface area contributed by atoms with Crippen LogP contribution < -0.4 is 11.1 Å². The van der Waals surface area contributed by atoms with Gasteiger partial charge in [-0.05, 0) is 6.92 Å². The van der Waals surface area contributed by atoms with Crippen molar-refractivity contribution in [2.24, 2.45) is 5.73 Å². The predicted octanol–water partition coefficient (Wildman–Crippen LogP) is -1.32. The lowest BCUT2D eigenvalue weighted by molar-refractivity contribution is -0.142. The molecule has 13 heavy (non-hydrogen) atoms. The number of nitrogens with two attached hydrogens (primary N) is 1. The van der Waals surface area contributed by atoms with E-state index in [4.69, 9.17) is 5.73 Å². The topological polar surface area (TPSA) is 75.4 Å². The molecule has 0 aromatic carbocycles. The average Bonchev–Trinajstić information content (AvgIpc) is 2.10. The van der Waals surface area contributed by atoms with Crippen LogP contribution in [0.25, 0.3) is 0 Å². The summed E-state index contributed by atoms with van der Waals surface area (Å²) in [7, 11) is 0. The van der Waals surface area contributed by atoms with Crippen molar-refractivity contribution in [2.45, 2.75) is 19.4 Å². The number of nitrogens with zero attached hydrogens (tertiary/aromatic N) is 1. The van der Waals surface area contributed by atoms with Crippen molar-refractivity contribution in [3.63, 3.8) is 0 Å². The molecule has 1 heterocycles. The van der Waals surface area contributed by atoms with Crippen LogP contribution in [0.15, 0.2) is 0 Å². The standard InChI is InChI=1S/C8H15N3O2/c1-6-8(13)10-4-5-11(6)7(12)2-3-9/h6H,2-5,9H2,1H3,(H,10,13). The molecule has 3 N–H and O–H groups in total. The lowest BCUT2D eigenvalue weighted by Gasteiger charge is -2.32. The van der Waals surface area contributed by atoms with Crippen molar-refractivity contribution in [3.05, 3.63) is 0 Å². The normalized spacial score (nSPS) is 22.8. The van der Waals surface area contributed by atoms with Crippen LogP contribution >= 0.6 is 0 Å². The molecule has 1 aliphatic heterocycles. The maximum atomic E-state index is 11.4. The predicted molar refractivity (Wildman–Crippen MR) is 47.9 cm³/mol. The van der Waals surface area contributed by atoms with E-state index < -0.39 is 0 Å². The third-order valence-corrected chi connectivity index (χ3v) is 2.18. The highest BCUT2D eigenvalue weighted by atomic mass is 16.2. The largest absolute Gasteiger partial charge is 0.353 e. The van der Waals surface area contributed by atoms with Gasteiger partial charge in [-0.15, -0.1) is 0 Å². The lowest BCUT2D eigenvalue weighted by Crippen LogP contribution is -2.56. The Morgan fingerprint density at radius 2 is 2.46 bits per heavy atom. The minimum absolute atomic E-state index is 0.0372. The number of carbonyl (C=O) groups is 2. The molecular weight excluding hydrogens is 170 g/mol. The first-order valence-corrected chi connectivity index (χ1v) is 4.44. The molecule has 0 aliphatic carbocycles. The Labute approximate surface area is 77.3 Å². The van der Waals surface area contributed by atoms with Crippen LogP contribution in [0.5, 0.6) is 0 Å². The first-order chi connectivity index (χ1) is 6.16. The van der Waals surface area contributed by atoms with Crippen LogP contribution in [-0.4, -0.2) is 42.4 Å². The second-order valence-electron chi connectivity index (χ2n) is 3.09. The summed E-state index contributed by atoms with van der Waals surface area (Å²) in [5.41, 5.74) is 5.27. The van der Waals surface area contributed by atoms with E-state index in [-0.39, 0.29) is 17.9 Å². The highest BCUT2D eigenvalue weighted by molar-refractivity contribution is 5.88. The van der Waals surface area contributed by atoms with Gasteiger partial charge >= 0.3 is 0 Å². The van der Waals surface area contributed by atoms with Gasteiger partial charge in [-0.1, -0.05) is 0 Å². The summed E-state index contributed by atoms with van der Waals surface area (Å²) in [6.45, 7) is 3.19. The first-order valence-electron chi connectivity index (χ1n) is 4.44. The van der Waals surface area contributed by atoms with E-state index >= 15 is 0 Å². The molecule has 2 amide bonds. The van der Waals surface area contributed by atoms with Gasteiger partial charge in [0.15, 0.2) is 0 Å². The number of amides is 2. The number of carbonyl (C=O) groups excluding carboxylic acids is 2. The summed E-state index contributed by atoms with van der Waals surface area (Å²) < 4.78 is 0. The second kappa shape index (κ2) is 4.23. The van der Waals surface area contributed by atoms with E-state index in [2.05, 4.69) is 5.32 Å². The fraction of sp³-hybridized carbons (Fsp3) is 0.750. The van der Waals surface area contributed by atoms with E-state index in [1.54, 1.807) is 11.8 Å². The molecule has 0 radical (unpaired) electrons. The van der Waals surface area contributed by atoms with E-state index in [0.29, 0.717) is 26.1 Å². The van der Waals surface area contributed by atoms with Crippen LogP contribution in [0.4, 0.5) is 0 Å². The van der Waals surface area contributed by atoms with E-state index in [0.717, 1.165) is 0 Å². The number of hydrogen-bond acceptors (Lipinski definition) is 3. The minimum Gasteiger partial charge on any atom is -0.353 e. The molecule has 0 aromatic heterocycles. The van der Waals surface area contributed by atoms with E-state index in [1.807, 2.05) is 0 Å². The number of nitrogens with one attached hydrogen (secondary N) is 1. The van der Waals surface area contributed by atoms with Crippen molar-refractivity contribution >= 4 is 11.8 Å². The Balaban J connectivity index is 2.57. The smallest absolute Gasteiger partial charge is 0.242 e. The molecule has 74 valence electrons. The van der Waals surface area contributed by atoms with Gasteiger partial charge in [-0.2, -0.15) is 0 Å². The molecule has 1 saturated heterocycles. The van der Waals surface area contributed by atoms with E-state index in [1.165, 1.54) is 0 Å². The third kappa shape index (κ3) is 2.18. The highest BCUT2D eigenvalue weighted by Gasteiger charge is 2.28. The quantitative estimate of drug-likeness (QED) is 0.560. The molecule has 0 bridgehead atoms. The van der Waals surface area contributed by atoms with Gasteiger partial charge in [0.05, 0.1) is 0 Å². The van der Waals surface area contributed by atoms with Crippen molar-refractivity contribution in [1.82, 2.24) is 10.2 Å². The van der Waals surface area contributed by atoms with Crippen molar-refractivity contribution in [1.29, 1.82) is 0 Å². The molecule has 1 atom stereocenters. The van der Waals surface area contributed by atoms with Crippen LogP contribution in [0.1, 0.15) is 13.3 Å². The van der Waals surface area contributed by atoms with Crippen LogP contribution in [0, 0.1) is 0 Å². The zero-order valence-electron chi connectivity index (χ0n) is 7.75. The van der Waals surface area contributed by atoms with E-state index in [9.17, 15) is 9.59 Å². The number of hydrogen-bond donors (Lipinski definition) is 2. The molecule has 0 aromatic rings. The van der Waals surface area contributed by atoms with Crippen LogP contribution in [0.3, 0.4) is 0 Å². The summed E-state index contributed by atoms with van der Waals surface area (Å²) in [5, 5.41) is 2.69. The van der Waals surface area contributed by atoms with Crippen molar-refractivity contribution < 1.29 is 9.59 Å². The van der Waals surface area contributed by atoms with Gasteiger partial charge < -0.3 is 16.0 Å². The first kappa shape index (κ1) is 9.98. The van der Waals surface area contributed by atoms with Gasteiger partial charge in [0.2, 0.25) is 11.8 Å². The molecule has 1 aliphatic rings. The molecule has 5 nitrogen and oxygen atoms in total. The minimum atomic E-state index is -0.354. The van der Waals surface area contributed by atoms with Gasteiger partial charge in [0.1, 0.15) is 6.04 Å². The zero-order chi connectivity index (χ0) is 9.84. The molecule has 0 spiro atoms. The molecule has 0 saturated carbocycles. The fourth-order valence-electron chi connectivity index (χ4n) is 1.39. The summed E-state index contributed by atoms with van der Waals surface area (Å²) in [6.07, 6.45) is 0.317. The van der Waals surface area contributed by atoms with Crippen LogP contribution in [-0.2, 0) is 9.59 Å². The fourth-order valence-corrected chi connectivity index (χ4v) is 1.39. The maximum Gasteiger partial charge on any atom is 0.242 e. The summed E-state index contributed by atoms with van der Waals surface area (Å²) in [6, 6.07) is -0.354. The van der Waals surface area contributed by atoms with Crippen LogP contribution in [0.2, 0.25) is 0 Å². The lowest BCUT2D eigenvalue weighted by atomic mass is 10.2. The Morgan fingerprint density at radius 3 is 3.08 bits per heavy atom. The second-order valence-corrected chi connectivity index (χ2v) is 3.09. The van der Waals surface area contributed by atoms with Gasteiger partial charge in [0.25, 0.3) is 0 Å². The monoisotopic (exact) mass is 185 g/mol. The van der Waals surface area contributed by atoms with Crippen molar-refractivity contribution in [2.75, 3.05) is 19.6 Å². The van der Waals surface area contributed by atoms with Gasteiger partial charge in [-0.25, -0.2) is 0 Å². The Bertz CT molecular complexity index is 217. The Morgan fingerprint density at radius 1 is 1.77 bits per heavy atom. The molecule has 1 fully saturated rings. The average molecular weight is 185 g/mol. The molecule has 5 heteroatoms. The Kier molecular flexibility index (Phi) is 3.25. The SMILES string of the molecule is CC1C(=O)NCCN1C(=O)CCN. The molecule has 1 rings (SSSR count). The summed E-state index contributed by atoms with van der Waals surface area (Å²) in [5.74, 6) is -0.124. The number of rotatable bonds is 2. The molecular formula is C8H15N3O2. The summed E-state index contributed by atoms with van der Waals surface area (Å²) >= 11 is 0. The van der Waals surface area contributed by atoms with Crippen molar-refractivity contribution in [3.8, 4) is 0 Å². The highest BCUT2D eigenvalue weighted by Crippen LogP contribution is 2.05. The van der Waals surface area contributed by atoms with Gasteiger partial charge in [-0.3, -0.25) is 9.59 Å². The maximum absolute atomic E-state index is 11.4.